The average Bonchev–Trinajstić information content (AvgIpc) is 2.79. The Labute approximate surface area is 195 Å². The normalized spacial score (nSPS) is 10.8. The van der Waals surface area contributed by atoms with Gasteiger partial charge < -0.3 is 18.9 Å². The molecule has 0 amide bonds. The fourth-order valence-corrected chi connectivity index (χ4v) is 3.18. The molecule has 0 heterocycles. The molecule has 6 heteroatoms. The van der Waals surface area contributed by atoms with E-state index in [1.54, 1.807) is 13.8 Å². The Bertz CT molecular complexity index is 926. The van der Waals surface area contributed by atoms with Gasteiger partial charge in [-0.05, 0) is 26.0 Å². The number of hydrogen-bond donors (Lipinski definition) is 0. The predicted molar refractivity (Wildman–Crippen MR) is 128 cm³/mol. The van der Waals surface area contributed by atoms with Crippen LogP contribution >= 0.6 is 0 Å². The van der Waals surface area contributed by atoms with E-state index in [0.29, 0.717) is 22.6 Å². The third-order valence-electron chi connectivity index (χ3n) is 4.97. The Morgan fingerprint density at radius 2 is 1.06 bits per heavy atom. The highest BCUT2D eigenvalue weighted by Gasteiger charge is 2.29. The predicted octanol–water partition coefficient (Wildman–Crippen LogP) is 5.01. The zero-order valence-electron chi connectivity index (χ0n) is 19.8. The van der Waals surface area contributed by atoms with Gasteiger partial charge in [-0.1, -0.05) is 63.4 Å². The van der Waals surface area contributed by atoms with Gasteiger partial charge in [0.2, 0.25) is 0 Å². The lowest BCUT2D eigenvalue weighted by molar-refractivity contribution is -0.140. The zero-order valence-corrected chi connectivity index (χ0v) is 19.8. The molecule has 0 radical (unpaired) electrons. The van der Waals surface area contributed by atoms with Gasteiger partial charge in [-0.15, -0.1) is 0 Å². The molecular formula is C27H32O6. The largest absolute Gasteiger partial charge is 0.490 e. The number of rotatable bonds is 12. The van der Waals surface area contributed by atoms with E-state index < -0.39 is 17.4 Å². The maximum absolute atomic E-state index is 11.6. The van der Waals surface area contributed by atoms with Crippen LogP contribution in [0.3, 0.4) is 0 Å². The van der Waals surface area contributed by atoms with E-state index in [9.17, 15) is 9.59 Å². The summed E-state index contributed by atoms with van der Waals surface area (Å²) in [6, 6.07) is 15.5. The summed E-state index contributed by atoms with van der Waals surface area (Å²) in [4.78, 5) is 23.1. The number of benzene rings is 2. The summed E-state index contributed by atoms with van der Waals surface area (Å²) in [6.07, 6.45) is 0. The molecule has 0 fully saturated rings. The van der Waals surface area contributed by atoms with E-state index in [0.717, 1.165) is 11.1 Å². The van der Waals surface area contributed by atoms with Crippen LogP contribution in [0.2, 0.25) is 0 Å². The number of para-hydroxylation sites is 2. The van der Waals surface area contributed by atoms with E-state index >= 15 is 0 Å². The van der Waals surface area contributed by atoms with Crippen LogP contribution in [0.5, 0.6) is 11.5 Å². The maximum Gasteiger partial charge on any atom is 0.333 e. The second-order valence-electron chi connectivity index (χ2n) is 8.15. The van der Waals surface area contributed by atoms with Crippen molar-refractivity contribution in [2.45, 2.75) is 33.1 Å². The first-order valence-electron chi connectivity index (χ1n) is 10.7. The Hall–Kier alpha value is -3.54. The van der Waals surface area contributed by atoms with Crippen molar-refractivity contribution in [2.75, 3.05) is 26.4 Å². The van der Waals surface area contributed by atoms with Crippen LogP contribution in [0, 0.1) is 0 Å². The summed E-state index contributed by atoms with van der Waals surface area (Å²) in [5.74, 6) is 0.512. The van der Waals surface area contributed by atoms with Crippen molar-refractivity contribution in [1.29, 1.82) is 0 Å². The summed E-state index contributed by atoms with van der Waals surface area (Å²) < 4.78 is 22.1. The highest BCUT2D eigenvalue weighted by Crippen LogP contribution is 2.41. The maximum atomic E-state index is 11.6. The minimum Gasteiger partial charge on any atom is -0.490 e. The van der Waals surface area contributed by atoms with Gasteiger partial charge in [0.25, 0.3) is 0 Å². The van der Waals surface area contributed by atoms with E-state index in [2.05, 4.69) is 27.0 Å². The molecule has 2 aromatic carbocycles. The van der Waals surface area contributed by atoms with E-state index in [4.69, 9.17) is 18.9 Å². The fourth-order valence-electron chi connectivity index (χ4n) is 3.18. The third kappa shape index (κ3) is 7.24. The van der Waals surface area contributed by atoms with Gasteiger partial charge in [0.05, 0.1) is 0 Å². The van der Waals surface area contributed by atoms with Gasteiger partial charge in [-0.3, -0.25) is 0 Å². The molecule has 2 aromatic rings. The molecule has 0 aromatic heterocycles. The molecule has 176 valence electrons. The number of hydrogen-bond acceptors (Lipinski definition) is 6. The smallest absolute Gasteiger partial charge is 0.333 e. The van der Waals surface area contributed by atoms with Crippen LogP contribution in [0.25, 0.3) is 0 Å². The first-order valence-corrected chi connectivity index (χ1v) is 10.7. The minimum absolute atomic E-state index is 0.128. The quantitative estimate of drug-likeness (QED) is 0.256. The summed E-state index contributed by atoms with van der Waals surface area (Å²) in [5, 5.41) is 0. The minimum atomic E-state index is -0.462. The SMILES string of the molecule is C=C(C)C(=O)OCCOc1ccccc1C(C)(C)c1ccccc1OCCOC(=O)C(=C)C. The van der Waals surface area contributed by atoms with Crippen LogP contribution in [0.1, 0.15) is 38.8 Å². The first kappa shape index (κ1) is 25.7. The standard InChI is InChI=1S/C27H32O6/c1-19(2)25(28)32-17-15-30-23-13-9-7-11-21(23)27(5,6)22-12-8-10-14-24(22)31-16-18-33-26(29)20(3)4/h7-14H,1,3,15-18H2,2,4-6H3. The monoisotopic (exact) mass is 452 g/mol. The van der Waals surface area contributed by atoms with Gasteiger partial charge in [-0.25, -0.2) is 9.59 Å². The highest BCUT2D eigenvalue weighted by molar-refractivity contribution is 5.87. The lowest BCUT2D eigenvalue weighted by atomic mass is 9.77. The molecular weight excluding hydrogens is 420 g/mol. The summed E-state index contributed by atoms with van der Waals surface area (Å²) in [5.41, 5.74) is 2.16. The molecule has 0 bridgehead atoms. The van der Waals surface area contributed by atoms with Gasteiger partial charge in [-0.2, -0.15) is 0 Å². The van der Waals surface area contributed by atoms with Gasteiger partial charge in [0.1, 0.15) is 37.9 Å². The molecule has 0 aliphatic heterocycles. The van der Waals surface area contributed by atoms with Crippen LogP contribution < -0.4 is 9.47 Å². The topological polar surface area (TPSA) is 71.1 Å². The van der Waals surface area contributed by atoms with Crippen molar-refractivity contribution in [3.8, 4) is 11.5 Å². The molecule has 0 saturated heterocycles. The van der Waals surface area contributed by atoms with E-state index in [-0.39, 0.29) is 26.4 Å². The van der Waals surface area contributed by atoms with Crippen LogP contribution in [0.15, 0.2) is 72.8 Å². The van der Waals surface area contributed by atoms with Crippen molar-refractivity contribution in [2.24, 2.45) is 0 Å². The van der Waals surface area contributed by atoms with Crippen molar-refractivity contribution in [1.82, 2.24) is 0 Å². The highest BCUT2D eigenvalue weighted by atomic mass is 16.6. The summed E-state index contributed by atoms with van der Waals surface area (Å²) >= 11 is 0. The number of carbonyl (C=O) groups excluding carboxylic acids is 2. The fraction of sp³-hybridized carbons (Fsp3) is 0.333. The molecule has 33 heavy (non-hydrogen) atoms. The van der Waals surface area contributed by atoms with E-state index in [1.165, 1.54) is 0 Å². The first-order chi connectivity index (χ1) is 15.6. The summed E-state index contributed by atoms with van der Waals surface area (Å²) in [7, 11) is 0. The Kier molecular flexibility index (Phi) is 9.28. The lowest BCUT2D eigenvalue weighted by Gasteiger charge is -2.30. The van der Waals surface area contributed by atoms with Crippen LogP contribution in [0.4, 0.5) is 0 Å². The molecule has 0 N–H and O–H groups in total. The Balaban J connectivity index is 2.13. The lowest BCUT2D eigenvalue weighted by Crippen LogP contribution is -2.23. The van der Waals surface area contributed by atoms with Crippen LogP contribution in [-0.4, -0.2) is 38.4 Å². The molecule has 0 spiro atoms. The third-order valence-corrected chi connectivity index (χ3v) is 4.97. The van der Waals surface area contributed by atoms with Crippen molar-refractivity contribution in [3.05, 3.63) is 84.0 Å². The van der Waals surface area contributed by atoms with Crippen molar-refractivity contribution < 1.29 is 28.5 Å². The van der Waals surface area contributed by atoms with Gasteiger partial charge in [0, 0.05) is 27.7 Å². The number of ether oxygens (including phenoxy) is 4. The molecule has 2 rings (SSSR count). The van der Waals surface area contributed by atoms with Gasteiger partial charge in [0.15, 0.2) is 0 Å². The molecule has 0 atom stereocenters. The Morgan fingerprint density at radius 1 is 0.697 bits per heavy atom. The summed E-state index contributed by atoms with van der Waals surface area (Å²) in [6.45, 7) is 15.2. The molecule has 0 unspecified atom stereocenters. The zero-order chi connectivity index (χ0) is 24.4. The van der Waals surface area contributed by atoms with Crippen molar-refractivity contribution in [3.63, 3.8) is 0 Å². The Morgan fingerprint density at radius 3 is 1.42 bits per heavy atom. The van der Waals surface area contributed by atoms with Crippen molar-refractivity contribution >= 4 is 11.9 Å². The average molecular weight is 453 g/mol. The molecule has 0 aliphatic rings. The molecule has 0 aliphatic carbocycles. The van der Waals surface area contributed by atoms with E-state index in [1.807, 2.05) is 48.5 Å². The number of carbonyl (C=O) groups is 2. The van der Waals surface area contributed by atoms with Crippen LogP contribution in [-0.2, 0) is 24.5 Å². The van der Waals surface area contributed by atoms with Gasteiger partial charge >= 0.3 is 11.9 Å². The second kappa shape index (κ2) is 11.9. The number of esters is 2. The molecule has 6 nitrogen and oxygen atoms in total. The second-order valence-corrected chi connectivity index (χ2v) is 8.15. The molecule has 0 saturated carbocycles.